The molecule has 0 unspecified atom stereocenters. The minimum Gasteiger partial charge on any atom is -0.371 e. The lowest BCUT2D eigenvalue weighted by molar-refractivity contribution is -0.384. The molecule has 2 aromatic carbocycles. The number of nitro groups is 1. The van der Waals surface area contributed by atoms with Crippen molar-refractivity contribution >= 4 is 28.3 Å². The highest BCUT2D eigenvalue weighted by Gasteiger charge is 2.22. The molecule has 1 aromatic heterocycles. The predicted molar refractivity (Wildman–Crippen MR) is 106 cm³/mol. The molecule has 0 atom stereocenters. The molecule has 1 N–H and O–H groups in total. The second-order valence-electron chi connectivity index (χ2n) is 6.91. The van der Waals surface area contributed by atoms with Crippen LogP contribution in [0.25, 0.3) is 11.0 Å². The molecule has 3 aromatic rings. The monoisotopic (exact) mass is 379 g/mol. The third-order valence-electron chi connectivity index (χ3n) is 5.17. The van der Waals surface area contributed by atoms with Crippen LogP contribution in [0.3, 0.4) is 0 Å². The average Bonchev–Trinajstić information content (AvgIpc) is 3.34. The summed E-state index contributed by atoms with van der Waals surface area (Å²) < 4.78 is 1.93. The zero-order valence-corrected chi connectivity index (χ0v) is 15.6. The number of nitrogens with one attached hydrogen (secondary N) is 1. The number of carbonyl (C=O) groups is 1. The zero-order valence-electron chi connectivity index (χ0n) is 15.6. The summed E-state index contributed by atoms with van der Waals surface area (Å²) in [6.07, 6.45) is 2.11. The third-order valence-corrected chi connectivity index (χ3v) is 5.17. The van der Waals surface area contributed by atoms with E-state index in [1.165, 1.54) is 12.1 Å². The van der Waals surface area contributed by atoms with Crippen LogP contribution in [-0.4, -0.2) is 33.5 Å². The van der Waals surface area contributed by atoms with Gasteiger partial charge in [0.25, 0.3) is 11.6 Å². The van der Waals surface area contributed by atoms with Gasteiger partial charge in [-0.3, -0.25) is 14.9 Å². The minimum absolute atomic E-state index is 0.0872. The summed E-state index contributed by atoms with van der Waals surface area (Å²) in [5.74, 6) is 0.389. The van der Waals surface area contributed by atoms with Crippen LogP contribution < -0.4 is 10.2 Å². The lowest BCUT2D eigenvalue weighted by Gasteiger charge is -2.20. The molecule has 0 saturated carbocycles. The van der Waals surface area contributed by atoms with E-state index in [9.17, 15) is 14.9 Å². The van der Waals surface area contributed by atoms with Crippen LogP contribution in [0, 0.1) is 10.1 Å². The zero-order chi connectivity index (χ0) is 19.7. The van der Waals surface area contributed by atoms with E-state index in [-0.39, 0.29) is 18.1 Å². The number of non-ortho nitro benzene ring substituents is 1. The lowest BCUT2D eigenvalue weighted by Crippen LogP contribution is -2.28. The van der Waals surface area contributed by atoms with E-state index in [0.717, 1.165) is 48.5 Å². The number of carbonyl (C=O) groups excluding carboxylic acids is 1. The van der Waals surface area contributed by atoms with Crippen LogP contribution in [0.1, 0.15) is 29.0 Å². The van der Waals surface area contributed by atoms with Gasteiger partial charge in [0, 0.05) is 32.3 Å². The van der Waals surface area contributed by atoms with Crippen molar-refractivity contribution in [1.82, 2.24) is 14.9 Å². The Morgan fingerprint density at radius 3 is 2.68 bits per heavy atom. The van der Waals surface area contributed by atoms with Crippen molar-refractivity contribution < 1.29 is 9.72 Å². The SMILES string of the molecule is Cn1c(CNC(=O)c2cc([N+](=O)[O-])ccc2N2CCCC2)nc2ccccc21. The fourth-order valence-corrected chi connectivity index (χ4v) is 3.66. The molecule has 1 aliphatic heterocycles. The van der Waals surface area contributed by atoms with Gasteiger partial charge < -0.3 is 14.8 Å². The van der Waals surface area contributed by atoms with Crippen molar-refractivity contribution in [3.63, 3.8) is 0 Å². The van der Waals surface area contributed by atoms with Crippen LogP contribution >= 0.6 is 0 Å². The Balaban J connectivity index is 1.60. The second-order valence-corrected chi connectivity index (χ2v) is 6.91. The summed E-state index contributed by atoms with van der Waals surface area (Å²) in [6, 6.07) is 12.2. The number of aromatic nitrogens is 2. The number of rotatable bonds is 5. The maximum absolute atomic E-state index is 12.9. The number of para-hydroxylation sites is 2. The number of hydrogen-bond donors (Lipinski definition) is 1. The first kappa shape index (κ1) is 18.0. The molecule has 2 heterocycles. The highest BCUT2D eigenvalue weighted by atomic mass is 16.6. The largest absolute Gasteiger partial charge is 0.371 e. The number of nitro benzene ring substituents is 1. The number of aryl methyl sites for hydroxylation is 1. The molecule has 0 radical (unpaired) electrons. The van der Waals surface area contributed by atoms with Crippen LogP contribution in [-0.2, 0) is 13.6 Å². The van der Waals surface area contributed by atoms with E-state index in [1.54, 1.807) is 6.07 Å². The first-order valence-corrected chi connectivity index (χ1v) is 9.26. The van der Waals surface area contributed by atoms with E-state index in [1.807, 2.05) is 35.9 Å². The van der Waals surface area contributed by atoms with Crippen molar-refractivity contribution in [2.75, 3.05) is 18.0 Å². The maximum atomic E-state index is 12.9. The molecular weight excluding hydrogens is 358 g/mol. The molecule has 1 aliphatic rings. The molecule has 4 rings (SSSR count). The van der Waals surface area contributed by atoms with Gasteiger partial charge in [0.1, 0.15) is 5.82 Å². The first-order valence-electron chi connectivity index (χ1n) is 9.26. The molecule has 0 spiro atoms. The first-order chi connectivity index (χ1) is 13.5. The fraction of sp³-hybridized carbons (Fsp3) is 0.300. The third kappa shape index (κ3) is 3.28. The number of imidazole rings is 1. The lowest BCUT2D eigenvalue weighted by atomic mass is 10.1. The minimum atomic E-state index is -0.476. The van der Waals surface area contributed by atoms with Gasteiger partial charge in [-0.2, -0.15) is 0 Å². The number of hydrogen-bond acceptors (Lipinski definition) is 5. The molecule has 1 saturated heterocycles. The van der Waals surface area contributed by atoms with Gasteiger partial charge in [-0.15, -0.1) is 0 Å². The highest BCUT2D eigenvalue weighted by molar-refractivity contribution is 6.00. The second kappa shape index (κ2) is 7.30. The molecule has 8 heteroatoms. The number of nitrogens with zero attached hydrogens (tertiary/aromatic N) is 4. The summed E-state index contributed by atoms with van der Waals surface area (Å²) in [5.41, 5.74) is 2.83. The number of anilines is 1. The van der Waals surface area contributed by atoms with Crippen LogP contribution in [0.2, 0.25) is 0 Å². The normalized spacial score (nSPS) is 13.8. The van der Waals surface area contributed by atoms with Crippen molar-refractivity contribution in [3.8, 4) is 0 Å². The molecule has 8 nitrogen and oxygen atoms in total. The fourth-order valence-electron chi connectivity index (χ4n) is 3.66. The number of amides is 1. The van der Waals surface area contributed by atoms with Crippen LogP contribution in [0.5, 0.6) is 0 Å². The highest BCUT2D eigenvalue weighted by Crippen LogP contribution is 2.28. The quantitative estimate of drug-likeness (QED) is 0.543. The molecular formula is C20H21N5O3. The average molecular weight is 379 g/mol. The van der Waals surface area contributed by atoms with Crippen LogP contribution in [0.4, 0.5) is 11.4 Å². The molecule has 0 aliphatic carbocycles. The number of benzene rings is 2. The molecule has 1 amide bonds. The molecule has 28 heavy (non-hydrogen) atoms. The summed E-state index contributed by atoms with van der Waals surface area (Å²) in [5, 5.41) is 14.1. The van der Waals surface area contributed by atoms with Crippen molar-refractivity contribution in [2.45, 2.75) is 19.4 Å². The van der Waals surface area contributed by atoms with Crippen LogP contribution in [0.15, 0.2) is 42.5 Å². The van der Waals surface area contributed by atoms with Gasteiger partial charge in [-0.25, -0.2) is 4.98 Å². The van der Waals surface area contributed by atoms with E-state index in [4.69, 9.17) is 0 Å². The molecule has 144 valence electrons. The van der Waals surface area contributed by atoms with Gasteiger partial charge in [0.15, 0.2) is 0 Å². The van der Waals surface area contributed by atoms with E-state index in [2.05, 4.69) is 15.2 Å². The maximum Gasteiger partial charge on any atom is 0.270 e. The number of fused-ring (bicyclic) bond motifs is 1. The van der Waals surface area contributed by atoms with E-state index < -0.39 is 4.92 Å². The van der Waals surface area contributed by atoms with E-state index in [0.29, 0.717) is 5.56 Å². The van der Waals surface area contributed by atoms with Gasteiger partial charge in [0.2, 0.25) is 0 Å². The Bertz CT molecular complexity index is 1050. The topological polar surface area (TPSA) is 93.3 Å². The van der Waals surface area contributed by atoms with Crippen molar-refractivity contribution in [3.05, 3.63) is 64.0 Å². The smallest absolute Gasteiger partial charge is 0.270 e. The Labute approximate surface area is 161 Å². The predicted octanol–water partition coefficient (Wildman–Crippen LogP) is 3.01. The summed E-state index contributed by atoms with van der Waals surface area (Å²) in [7, 11) is 1.90. The summed E-state index contributed by atoms with van der Waals surface area (Å²) in [4.78, 5) is 30.3. The van der Waals surface area contributed by atoms with Crippen molar-refractivity contribution in [2.24, 2.45) is 7.05 Å². The Kier molecular flexibility index (Phi) is 4.68. The Hall–Kier alpha value is -3.42. The van der Waals surface area contributed by atoms with Gasteiger partial charge >= 0.3 is 0 Å². The Morgan fingerprint density at radius 2 is 1.96 bits per heavy atom. The summed E-state index contributed by atoms with van der Waals surface area (Å²) in [6.45, 7) is 1.94. The van der Waals surface area contributed by atoms with Crippen molar-refractivity contribution in [1.29, 1.82) is 0 Å². The van der Waals surface area contributed by atoms with Gasteiger partial charge in [-0.1, -0.05) is 12.1 Å². The Morgan fingerprint density at radius 1 is 1.21 bits per heavy atom. The van der Waals surface area contributed by atoms with Gasteiger partial charge in [-0.05, 0) is 31.0 Å². The molecule has 0 bridgehead atoms. The standard InChI is InChI=1S/C20H21N5O3/c1-23-18-7-3-2-6-16(18)22-19(23)13-21-20(26)15-12-14(25(27)28)8-9-17(15)24-10-4-5-11-24/h2-3,6-9,12H,4-5,10-11,13H2,1H3,(H,21,26). The van der Waals surface area contributed by atoms with Gasteiger partial charge in [0.05, 0.1) is 33.8 Å². The van der Waals surface area contributed by atoms with E-state index >= 15 is 0 Å². The summed E-state index contributed by atoms with van der Waals surface area (Å²) >= 11 is 0. The molecule has 1 fully saturated rings.